The second-order valence-electron chi connectivity index (χ2n) is 9.70. The summed E-state index contributed by atoms with van der Waals surface area (Å²) in [4.78, 5) is 34.9. The highest BCUT2D eigenvalue weighted by Crippen LogP contribution is 2.37. The maximum Gasteiger partial charge on any atom is 0.339 e. The summed E-state index contributed by atoms with van der Waals surface area (Å²) in [6.45, 7) is 2.85. The number of allylic oxidation sites excluding steroid dienone is 1. The topological polar surface area (TPSA) is 59.5 Å². The molecule has 0 saturated carbocycles. The fourth-order valence-corrected chi connectivity index (χ4v) is 6.15. The standard InChI is InChI=1S/C31H28N2O3S/c1-20(30(34)33-16-15-21-8-2-3-9-23(21)19-33)36-31(35)28-25-12-4-5-14-27(25)32-29-22(10-6-13-26(28)29)18-24-11-7-17-37-24/h2-5,7-9,11-12,14,17-18,20H,6,10,13,15-16,19H2,1H3/b22-18+. The zero-order chi connectivity index (χ0) is 25.4. The molecule has 1 amide bonds. The largest absolute Gasteiger partial charge is 0.449 e. The van der Waals surface area contributed by atoms with E-state index in [9.17, 15) is 9.59 Å². The quantitative estimate of drug-likeness (QED) is 0.304. The van der Waals surface area contributed by atoms with Gasteiger partial charge in [-0.25, -0.2) is 9.78 Å². The highest BCUT2D eigenvalue weighted by atomic mass is 32.1. The number of benzene rings is 2. The van der Waals surface area contributed by atoms with Gasteiger partial charge >= 0.3 is 5.97 Å². The van der Waals surface area contributed by atoms with Crippen molar-refractivity contribution >= 4 is 45.8 Å². The third-order valence-electron chi connectivity index (χ3n) is 7.31. The first kappa shape index (κ1) is 23.6. The summed E-state index contributed by atoms with van der Waals surface area (Å²) >= 11 is 1.69. The van der Waals surface area contributed by atoms with Gasteiger partial charge in [0.1, 0.15) is 0 Å². The van der Waals surface area contributed by atoms with Gasteiger partial charge in [-0.1, -0.05) is 48.5 Å². The Bertz CT molecular complexity index is 1520. The molecular formula is C31H28N2O3S. The minimum atomic E-state index is -0.870. The number of hydrogen-bond acceptors (Lipinski definition) is 5. The summed E-state index contributed by atoms with van der Waals surface area (Å²) in [6, 6.07) is 20.0. The molecule has 0 fully saturated rings. The van der Waals surface area contributed by atoms with Gasteiger partial charge < -0.3 is 9.64 Å². The van der Waals surface area contributed by atoms with Crippen LogP contribution in [0.3, 0.4) is 0 Å². The lowest BCUT2D eigenvalue weighted by Crippen LogP contribution is -2.42. The predicted octanol–water partition coefficient (Wildman–Crippen LogP) is 6.30. The molecule has 0 saturated heterocycles. The summed E-state index contributed by atoms with van der Waals surface area (Å²) in [5, 5.41) is 2.83. The van der Waals surface area contributed by atoms with Crippen LogP contribution in [0.5, 0.6) is 0 Å². The Hall–Kier alpha value is -3.77. The van der Waals surface area contributed by atoms with Crippen LogP contribution in [0.1, 0.15) is 57.4 Å². The van der Waals surface area contributed by atoms with Crippen LogP contribution in [0.4, 0.5) is 0 Å². The van der Waals surface area contributed by atoms with Gasteiger partial charge in [-0.15, -0.1) is 11.3 Å². The monoisotopic (exact) mass is 508 g/mol. The Balaban J connectivity index is 1.31. The molecule has 2 aromatic heterocycles. The number of rotatable bonds is 4. The number of aromatic nitrogens is 1. The Morgan fingerprint density at radius 3 is 2.65 bits per heavy atom. The van der Waals surface area contributed by atoms with Crippen molar-refractivity contribution in [2.75, 3.05) is 6.54 Å². The van der Waals surface area contributed by atoms with E-state index in [0.29, 0.717) is 18.7 Å². The van der Waals surface area contributed by atoms with E-state index >= 15 is 0 Å². The van der Waals surface area contributed by atoms with Crippen molar-refractivity contribution in [2.24, 2.45) is 0 Å². The number of ether oxygens (including phenoxy) is 1. The van der Waals surface area contributed by atoms with Gasteiger partial charge in [-0.3, -0.25) is 4.79 Å². The van der Waals surface area contributed by atoms with Crippen LogP contribution < -0.4 is 0 Å². The summed E-state index contributed by atoms with van der Waals surface area (Å²) < 4.78 is 5.88. The lowest BCUT2D eigenvalue weighted by molar-refractivity contribution is -0.140. The van der Waals surface area contributed by atoms with Crippen molar-refractivity contribution in [3.05, 3.63) is 98.9 Å². The summed E-state index contributed by atoms with van der Waals surface area (Å²) in [6.07, 6.45) is 4.72. The van der Waals surface area contributed by atoms with Crippen LogP contribution >= 0.6 is 11.3 Å². The molecule has 37 heavy (non-hydrogen) atoms. The van der Waals surface area contributed by atoms with Gasteiger partial charge in [0.2, 0.25) is 0 Å². The van der Waals surface area contributed by atoms with E-state index in [4.69, 9.17) is 9.72 Å². The van der Waals surface area contributed by atoms with E-state index < -0.39 is 12.1 Å². The van der Waals surface area contributed by atoms with E-state index in [1.54, 1.807) is 23.2 Å². The number of carbonyl (C=O) groups is 2. The first-order valence-electron chi connectivity index (χ1n) is 12.8. The number of hydrogen-bond donors (Lipinski definition) is 0. The molecule has 1 atom stereocenters. The second kappa shape index (κ2) is 9.94. The van der Waals surface area contributed by atoms with Gasteiger partial charge in [0.15, 0.2) is 6.10 Å². The minimum Gasteiger partial charge on any atom is -0.449 e. The van der Waals surface area contributed by atoms with E-state index in [-0.39, 0.29) is 5.91 Å². The van der Waals surface area contributed by atoms with Crippen molar-refractivity contribution in [2.45, 2.75) is 45.3 Å². The van der Waals surface area contributed by atoms with Crippen LogP contribution in [0.15, 0.2) is 66.0 Å². The fourth-order valence-electron chi connectivity index (χ4n) is 5.46. The molecule has 1 aliphatic heterocycles. The Kier molecular flexibility index (Phi) is 6.35. The van der Waals surface area contributed by atoms with Crippen LogP contribution in [0.2, 0.25) is 0 Å². The normalized spacial score (nSPS) is 16.8. The second-order valence-corrected chi connectivity index (χ2v) is 10.7. The zero-order valence-corrected chi connectivity index (χ0v) is 21.6. The molecule has 2 aromatic carbocycles. The molecule has 6 heteroatoms. The van der Waals surface area contributed by atoms with E-state index in [1.165, 1.54) is 10.4 Å². The Labute approximate surface area is 220 Å². The number of fused-ring (bicyclic) bond motifs is 3. The van der Waals surface area contributed by atoms with Gasteiger partial charge in [-0.05, 0) is 78.5 Å². The molecule has 1 aliphatic carbocycles. The Morgan fingerprint density at radius 2 is 1.81 bits per heavy atom. The fraction of sp³-hybridized carbons (Fsp3) is 0.258. The summed E-state index contributed by atoms with van der Waals surface area (Å²) in [5.74, 6) is -0.612. The molecular weight excluding hydrogens is 480 g/mol. The minimum absolute atomic E-state index is 0.159. The summed E-state index contributed by atoms with van der Waals surface area (Å²) in [7, 11) is 0. The molecule has 186 valence electrons. The lowest BCUT2D eigenvalue weighted by atomic mass is 9.86. The van der Waals surface area contributed by atoms with Gasteiger partial charge in [0, 0.05) is 23.4 Å². The van der Waals surface area contributed by atoms with Crippen molar-refractivity contribution in [1.82, 2.24) is 9.88 Å². The first-order valence-corrected chi connectivity index (χ1v) is 13.7. The highest BCUT2D eigenvalue weighted by Gasteiger charge is 2.30. The van der Waals surface area contributed by atoms with E-state index in [0.717, 1.165) is 59.0 Å². The first-order chi connectivity index (χ1) is 18.1. The number of para-hydroxylation sites is 1. The number of nitrogens with zero attached hydrogens (tertiary/aromatic N) is 2. The number of carbonyl (C=O) groups excluding carboxylic acids is 2. The molecule has 6 rings (SSSR count). The van der Waals surface area contributed by atoms with Crippen molar-refractivity contribution in [1.29, 1.82) is 0 Å². The Morgan fingerprint density at radius 1 is 1.00 bits per heavy atom. The maximum absolute atomic E-state index is 13.7. The smallest absolute Gasteiger partial charge is 0.339 e. The van der Waals surface area contributed by atoms with Crippen molar-refractivity contribution < 1.29 is 14.3 Å². The zero-order valence-electron chi connectivity index (χ0n) is 20.8. The average Bonchev–Trinajstić information content (AvgIpc) is 3.44. The third-order valence-corrected chi connectivity index (χ3v) is 8.13. The predicted molar refractivity (Wildman–Crippen MR) is 147 cm³/mol. The maximum atomic E-state index is 13.7. The van der Waals surface area contributed by atoms with Crippen LogP contribution in [-0.4, -0.2) is 34.4 Å². The van der Waals surface area contributed by atoms with Crippen molar-refractivity contribution in [3.8, 4) is 0 Å². The molecule has 0 radical (unpaired) electrons. The number of esters is 1. The van der Waals surface area contributed by atoms with Crippen LogP contribution in [0.25, 0.3) is 22.6 Å². The van der Waals surface area contributed by atoms with Gasteiger partial charge in [0.25, 0.3) is 5.91 Å². The average molecular weight is 509 g/mol. The molecule has 0 bridgehead atoms. The number of amides is 1. The van der Waals surface area contributed by atoms with Gasteiger partial charge in [-0.2, -0.15) is 0 Å². The molecule has 3 heterocycles. The molecule has 0 spiro atoms. The molecule has 2 aliphatic rings. The summed E-state index contributed by atoms with van der Waals surface area (Å²) in [5.41, 5.74) is 6.66. The third kappa shape index (κ3) is 4.58. The molecule has 4 aromatic rings. The number of thiophene rings is 1. The van der Waals surface area contributed by atoms with Crippen LogP contribution in [0, 0.1) is 0 Å². The molecule has 1 unspecified atom stereocenters. The van der Waals surface area contributed by atoms with Crippen LogP contribution in [-0.2, 0) is 28.9 Å². The van der Waals surface area contributed by atoms with Gasteiger partial charge in [0.05, 0.1) is 16.8 Å². The highest BCUT2D eigenvalue weighted by molar-refractivity contribution is 7.10. The number of pyridine rings is 1. The molecule has 5 nitrogen and oxygen atoms in total. The lowest BCUT2D eigenvalue weighted by Gasteiger charge is -2.31. The van der Waals surface area contributed by atoms with Crippen molar-refractivity contribution in [3.63, 3.8) is 0 Å². The van der Waals surface area contributed by atoms with E-state index in [2.05, 4.69) is 29.7 Å². The SMILES string of the molecule is CC(OC(=O)c1c2c(nc3ccccc13)/C(=C/c1cccs1)CCC2)C(=O)N1CCc2ccccc2C1. The van der Waals surface area contributed by atoms with E-state index in [1.807, 2.05) is 42.5 Å². The molecule has 0 N–H and O–H groups in total.